The monoisotopic (exact) mass is 246 g/mol. The molecule has 0 N–H and O–H groups in total. The van der Waals surface area contributed by atoms with Gasteiger partial charge in [0.25, 0.3) is 5.69 Å². The van der Waals surface area contributed by atoms with Gasteiger partial charge in [0.05, 0.1) is 11.0 Å². The van der Waals surface area contributed by atoms with Crippen LogP contribution in [-0.4, -0.2) is 15.7 Å². The number of nitro benzene ring substituents is 1. The minimum absolute atomic E-state index is 0.0479. The van der Waals surface area contributed by atoms with Crippen LogP contribution in [0.4, 0.5) is 5.69 Å². The van der Waals surface area contributed by atoms with Crippen LogP contribution in [0.1, 0.15) is 42.5 Å². The molecule has 1 heterocycles. The Bertz CT molecular complexity index is 553. The van der Waals surface area contributed by atoms with Gasteiger partial charge in [0.2, 0.25) is 5.91 Å². The molecule has 2 aliphatic rings. The summed E-state index contributed by atoms with van der Waals surface area (Å²) in [6, 6.07) is 3.44. The second-order valence-electron chi connectivity index (χ2n) is 4.95. The fraction of sp³-hybridized carbons (Fsp3) is 0.462. The van der Waals surface area contributed by atoms with Crippen LogP contribution < -0.4 is 0 Å². The van der Waals surface area contributed by atoms with Crippen LogP contribution in [0.25, 0.3) is 0 Å². The molecule has 0 spiro atoms. The molecule has 0 fully saturated rings. The maximum Gasteiger partial charge on any atom is 0.272 e. The van der Waals surface area contributed by atoms with E-state index in [4.69, 9.17) is 0 Å². The van der Waals surface area contributed by atoms with Crippen molar-refractivity contribution in [1.82, 2.24) is 4.90 Å². The number of carbonyl (C=O) groups excluding carboxylic acids is 1. The van der Waals surface area contributed by atoms with Crippen LogP contribution in [0.5, 0.6) is 0 Å². The number of rotatable bonds is 1. The molecular weight excluding hydrogens is 232 g/mol. The Labute approximate surface area is 105 Å². The first-order chi connectivity index (χ1) is 8.59. The van der Waals surface area contributed by atoms with Crippen LogP contribution in [0.15, 0.2) is 12.1 Å². The maximum atomic E-state index is 11.6. The van der Waals surface area contributed by atoms with Crippen LogP contribution in [0, 0.1) is 10.1 Å². The van der Waals surface area contributed by atoms with Gasteiger partial charge in [-0.05, 0) is 30.4 Å². The van der Waals surface area contributed by atoms with Crippen LogP contribution in [0.3, 0.4) is 0 Å². The molecule has 18 heavy (non-hydrogen) atoms. The normalized spacial score (nSPS) is 20.7. The van der Waals surface area contributed by atoms with E-state index in [0.717, 1.165) is 36.0 Å². The Morgan fingerprint density at radius 3 is 2.94 bits per heavy atom. The Morgan fingerprint density at radius 1 is 1.50 bits per heavy atom. The second kappa shape index (κ2) is 3.80. The summed E-state index contributed by atoms with van der Waals surface area (Å²) in [4.78, 5) is 24.2. The molecule has 1 aromatic carbocycles. The SMILES string of the molecule is CC(=O)N1Cc2ccc([N+](=O)[O-])c3c2C1CCC3. The highest BCUT2D eigenvalue weighted by Gasteiger charge is 2.38. The van der Waals surface area contributed by atoms with Gasteiger partial charge in [-0.25, -0.2) is 0 Å². The average Bonchev–Trinajstić information content (AvgIpc) is 2.71. The summed E-state index contributed by atoms with van der Waals surface area (Å²) in [6.07, 6.45) is 2.58. The average molecular weight is 246 g/mol. The summed E-state index contributed by atoms with van der Waals surface area (Å²) in [7, 11) is 0. The summed E-state index contributed by atoms with van der Waals surface area (Å²) in [5, 5.41) is 11.1. The van der Waals surface area contributed by atoms with Gasteiger partial charge in [0.15, 0.2) is 0 Å². The Hall–Kier alpha value is -1.91. The van der Waals surface area contributed by atoms with E-state index in [-0.39, 0.29) is 22.6 Å². The number of nitrogens with zero attached hydrogens (tertiary/aromatic N) is 2. The largest absolute Gasteiger partial charge is 0.332 e. The molecule has 0 bridgehead atoms. The van der Waals surface area contributed by atoms with Crippen molar-refractivity contribution in [3.63, 3.8) is 0 Å². The molecule has 5 heteroatoms. The zero-order valence-corrected chi connectivity index (χ0v) is 10.2. The van der Waals surface area contributed by atoms with Gasteiger partial charge in [-0.15, -0.1) is 0 Å². The number of benzene rings is 1. The molecule has 1 aromatic rings. The van der Waals surface area contributed by atoms with Gasteiger partial charge in [-0.2, -0.15) is 0 Å². The first-order valence-corrected chi connectivity index (χ1v) is 6.16. The van der Waals surface area contributed by atoms with E-state index < -0.39 is 0 Å². The molecule has 1 unspecified atom stereocenters. The van der Waals surface area contributed by atoms with E-state index in [2.05, 4.69) is 0 Å². The summed E-state index contributed by atoms with van der Waals surface area (Å²) in [6.45, 7) is 2.16. The number of amides is 1. The lowest BCUT2D eigenvalue weighted by atomic mass is 9.86. The minimum atomic E-state index is -0.311. The van der Waals surface area contributed by atoms with Crippen molar-refractivity contribution in [1.29, 1.82) is 0 Å². The van der Waals surface area contributed by atoms with E-state index in [9.17, 15) is 14.9 Å². The van der Waals surface area contributed by atoms with Gasteiger partial charge in [-0.3, -0.25) is 14.9 Å². The standard InChI is InChI=1S/C13H14N2O3/c1-8(16)14-7-9-5-6-11(15(17)18)10-3-2-4-12(14)13(9)10/h5-6,12H,2-4,7H2,1H3. The number of nitro groups is 1. The molecule has 1 atom stereocenters. The maximum absolute atomic E-state index is 11.6. The molecule has 1 aliphatic carbocycles. The number of carbonyl (C=O) groups is 1. The lowest BCUT2D eigenvalue weighted by Gasteiger charge is -2.28. The summed E-state index contributed by atoms with van der Waals surface area (Å²) >= 11 is 0. The number of hydrogen-bond donors (Lipinski definition) is 0. The highest BCUT2D eigenvalue weighted by atomic mass is 16.6. The zero-order valence-electron chi connectivity index (χ0n) is 10.2. The van der Waals surface area contributed by atoms with Gasteiger partial charge in [-0.1, -0.05) is 6.07 Å². The second-order valence-corrected chi connectivity index (χ2v) is 4.95. The van der Waals surface area contributed by atoms with Gasteiger partial charge in [0.1, 0.15) is 0 Å². The third-order valence-electron chi connectivity index (χ3n) is 3.98. The zero-order chi connectivity index (χ0) is 12.9. The first kappa shape index (κ1) is 11.2. The smallest absolute Gasteiger partial charge is 0.272 e. The van der Waals surface area contributed by atoms with Crippen LogP contribution in [0.2, 0.25) is 0 Å². The topological polar surface area (TPSA) is 63.5 Å². The summed E-state index contributed by atoms with van der Waals surface area (Å²) in [5.74, 6) is 0.0479. The quantitative estimate of drug-likeness (QED) is 0.564. The molecule has 94 valence electrons. The first-order valence-electron chi connectivity index (χ1n) is 6.16. The highest BCUT2D eigenvalue weighted by Crippen LogP contribution is 2.45. The van der Waals surface area contributed by atoms with Gasteiger partial charge < -0.3 is 4.90 Å². The molecule has 1 aliphatic heterocycles. The molecule has 5 nitrogen and oxygen atoms in total. The molecule has 1 amide bonds. The Morgan fingerprint density at radius 2 is 2.28 bits per heavy atom. The van der Waals surface area contributed by atoms with Crippen LogP contribution >= 0.6 is 0 Å². The molecule has 0 radical (unpaired) electrons. The predicted molar refractivity (Wildman–Crippen MR) is 65.0 cm³/mol. The molecule has 0 saturated carbocycles. The van der Waals surface area contributed by atoms with Gasteiger partial charge in [0, 0.05) is 25.1 Å². The predicted octanol–water partition coefficient (Wildman–Crippen LogP) is 2.33. The molecule has 0 saturated heterocycles. The number of hydrogen-bond acceptors (Lipinski definition) is 3. The van der Waals surface area contributed by atoms with Crippen LogP contribution in [-0.2, 0) is 17.8 Å². The highest BCUT2D eigenvalue weighted by molar-refractivity contribution is 5.75. The van der Waals surface area contributed by atoms with Crippen molar-refractivity contribution in [2.75, 3.05) is 0 Å². The van der Waals surface area contributed by atoms with Crippen molar-refractivity contribution in [2.45, 2.75) is 38.8 Å². The lowest BCUT2D eigenvalue weighted by Crippen LogP contribution is -2.28. The van der Waals surface area contributed by atoms with E-state index in [1.165, 1.54) is 0 Å². The molecular formula is C13H14N2O3. The Balaban J connectivity index is 2.16. The van der Waals surface area contributed by atoms with E-state index >= 15 is 0 Å². The minimum Gasteiger partial charge on any atom is -0.332 e. The Kier molecular flexibility index (Phi) is 2.36. The van der Waals surface area contributed by atoms with Crippen molar-refractivity contribution >= 4 is 11.6 Å². The molecule has 0 aromatic heterocycles. The fourth-order valence-electron chi connectivity index (χ4n) is 3.24. The fourth-order valence-corrected chi connectivity index (χ4v) is 3.24. The van der Waals surface area contributed by atoms with E-state index in [0.29, 0.717) is 6.54 Å². The van der Waals surface area contributed by atoms with E-state index in [1.807, 2.05) is 4.90 Å². The van der Waals surface area contributed by atoms with Gasteiger partial charge >= 0.3 is 0 Å². The van der Waals surface area contributed by atoms with Crippen molar-refractivity contribution in [3.05, 3.63) is 38.9 Å². The lowest BCUT2D eigenvalue weighted by molar-refractivity contribution is -0.385. The van der Waals surface area contributed by atoms with Crippen molar-refractivity contribution < 1.29 is 9.72 Å². The molecule has 3 rings (SSSR count). The third kappa shape index (κ3) is 1.43. The summed E-state index contributed by atoms with van der Waals surface area (Å²) < 4.78 is 0. The van der Waals surface area contributed by atoms with Crippen molar-refractivity contribution in [2.24, 2.45) is 0 Å². The van der Waals surface area contributed by atoms with Crippen molar-refractivity contribution in [3.8, 4) is 0 Å². The van der Waals surface area contributed by atoms with E-state index in [1.54, 1.807) is 19.1 Å². The summed E-state index contributed by atoms with van der Waals surface area (Å²) in [5.41, 5.74) is 3.18. The third-order valence-corrected chi connectivity index (χ3v) is 3.98.